The van der Waals surface area contributed by atoms with Gasteiger partial charge in [0.1, 0.15) is 12.0 Å². The third kappa shape index (κ3) is 6.61. The number of thiophene rings is 1. The Kier molecular flexibility index (Phi) is 9.85. The van der Waals surface area contributed by atoms with Gasteiger partial charge in [-0.3, -0.25) is 4.99 Å². The maximum absolute atomic E-state index is 5.61. The van der Waals surface area contributed by atoms with E-state index in [1.54, 1.807) is 0 Å². The zero-order valence-corrected chi connectivity index (χ0v) is 36.1. The highest BCUT2D eigenvalue weighted by atomic mass is 32.1. The van der Waals surface area contributed by atoms with Gasteiger partial charge in [0.2, 0.25) is 0 Å². The van der Waals surface area contributed by atoms with Crippen LogP contribution in [0, 0.1) is 5.92 Å². The number of anilines is 1. The summed E-state index contributed by atoms with van der Waals surface area (Å²) in [6.07, 6.45) is 35.6. The van der Waals surface area contributed by atoms with Crippen molar-refractivity contribution in [2.75, 3.05) is 4.90 Å². The van der Waals surface area contributed by atoms with Gasteiger partial charge in [-0.1, -0.05) is 141 Å². The molecule has 3 aliphatic heterocycles. The van der Waals surface area contributed by atoms with E-state index in [9.17, 15) is 0 Å². The van der Waals surface area contributed by atoms with Crippen molar-refractivity contribution in [3.63, 3.8) is 0 Å². The van der Waals surface area contributed by atoms with E-state index < -0.39 is 0 Å². The van der Waals surface area contributed by atoms with Crippen LogP contribution in [0.1, 0.15) is 116 Å². The Balaban J connectivity index is 1.03. The van der Waals surface area contributed by atoms with Crippen LogP contribution >= 0.6 is 11.3 Å². The predicted octanol–water partition coefficient (Wildman–Crippen LogP) is 13.8. The number of nitrogens with zero attached hydrogens (tertiary/aromatic N) is 4. The second kappa shape index (κ2) is 16.1. The minimum atomic E-state index is -0.326. The maximum atomic E-state index is 5.61. The zero-order valence-electron chi connectivity index (χ0n) is 35.3. The van der Waals surface area contributed by atoms with E-state index in [-0.39, 0.29) is 18.0 Å². The van der Waals surface area contributed by atoms with Gasteiger partial charge in [0.05, 0.1) is 5.70 Å². The van der Waals surface area contributed by atoms with E-state index in [0.717, 1.165) is 42.2 Å². The first-order chi connectivity index (χ1) is 30.8. The highest BCUT2D eigenvalue weighted by Gasteiger charge is 2.40. The van der Waals surface area contributed by atoms with E-state index in [4.69, 9.17) is 15.0 Å². The largest absolute Gasteiger partial charge is 0.348 e. The third-order valence-electron chi connectivity index (χ3n) is 14.5. The van der Waals surface area contributed by atoms with Crippen LogP contribution < -0.4 is 10.2 Å². The van der Waals surface area contributed by atoms with Crippen LogP contribution in [0.5, 0.6) is 0 Å². The average Bonchev–Trinajstić information content (AvgIpc) is 3.91. The fraction of sp³-hybridized carbons (Fsp3) is 0.304. The second-order valence-corrected chi connectivity index (χ2v) is 19.3. The maximum Gasteiger partial charge on any atom is 0.159 e. The van der Waals surface area contributed by atoms with Crippen molar-refractivity contribution < 1.29 is 0 Å². The SMILES string of the molecule is C1=CCC(C2=NC(c3ccccc3)=NC(C3=C(c4cccc5c4sc4ccc6c(c45)C4CC=CC=C4N6C4CCCCC4)N=CC(c4ccccc4C4C=CCCC4)C3)N2)C=C1. The van der Waals surface area contributed by atoms with Crippen molar-refractivity contribution in [3.05, 3.63) is 179 Å². The topological polar surface area (TPSA) is 52.4 Å². The van der Waals surface area contributed by atoms with E-state index in [2.05, 4.69) is 156 Å². The molecule has 12 rings (SSSR count). The lowest BCUT2D eigenvalue weighted by molar-refractivity contribution is 0.428. The van der Waals surface area contributed by atoms with Gasteiger partial charge in [0, 0.05) is 84.2 Å². The van der Waals surface area contributed by atoms with Crippen LogP contribution in [0.2, 0.25) is 0 Å². The van der Waals surface area contributed by atoms with E-state index in [0.29, 0.717) is 17.9 Å². The van der Waals surface area contributed by atoms with Crippen LogP contribution in [-0.2, 0) is 0 Å². The van der Waals surface area contributed by atoms with Crippen LogP contribution in [0.15, 0.2) is 166 Å². The molecule has 1 fully saturated rings. The van der Waals surface area contributed by atoms with Gasteiger partial charge in [0.25, 0.3) is 0 Å². The quantitative estimate of drug-likeness (QED) is 0.166. The lowest BCUT2D eigenvalue weighted by atomic mass is 9.79. The first-order valence-electron chi connectivity index (χ1n) is 23.3. The van der Waals surface area contributed by atoms with Crippen molar-refractivity contribution in [1.29, 1.82) is 0 Å². The van der Waals surface area contributed by atoms with Crippen molar-refractivity contribution in [2.45, 2.75) is 101 Å². The van der Waals surface area contributed by atoms with Gasteiger partial charge in [-0.15, -0.1) is 11.3 Å². The molecule has 0 bridgehead atoms. The van der Waals surface area contributed by atoms with Gasteiger partial charge in [0.15, 0.2) is 5.84 Å². The summed E-state index contributed by atoms with van der Waals surface area (Å²) < 4.78 is 2.68. The minimum Gasteiger partial charge on any atom is -0.348 e. The Morgan fingerprint density at radius 3 is 2.40 bits per heavy atom. The molecule has 4 heterocycles. The molecule has 7 aliphatic rings. The molecule has 1 saturated carbocycles. The summed E-state index contributed by atoms with van der Waals surface area (Å²) in [5.74, 6) is 2.85. The minimum absolute atomic E-state index is 0.123. The Hall–Kier alpha value is -5.85. The van der Waals surface area contributed by atoms with E-state index in [1.165, 1.54) is 111 Å². The fourth-order valence-electron chi connectivity index (χ4n) is 11.6. The van der Waals surface area contributed by atoms with Crippen molar-refractivity contribution in [2.24, 2.45) is 20.9 Å². The van der Waals surface area contributed by atoms with E-state index in [1.807, 2.05) is 11.3 Å². The highest BCUT2D eigenvalue weighted by Crippen LogP contribution is 2.55. The summed E-state index contributed by atoms with van der Waals surface area (Å²) in [5.41, 5.74) is 11.8. The third-order valence-corrected chi connectivity index (χ3v) is 15.7. The molecule has 308 valence electrons. The lowest BCUT2D eigenvalue weighted by Gasteiger charge is -2.35. The van der Waals surface area contributed by atoms with Crippen LogP contribution in [0.3, 0.4) is 0 Å². The van der Waals surface area contributed by atoms with Crippen LogP contribution in [-0.4, -0.2) is 30.1 Å². The van der Waals surface area contributed by atoms with E-state index >= 15 is 0 Å². The molecule has 5 nitrogen and oxygen atoms in total. The summed E-state index contributed by atoms with van der Waals surface area (Å²) in [6.45, 7) is 0. The molecular weight excluding hydrogens is 775 g/mol. The summed E-state index contributed by atoms with van der Waals surface area (Å²) in [5, 5.41) is 6.73. The molecule has 5 atom stereocenters. The first-order valence-corrected chi connectivity index (χ1v) is 24.1. The smallest absolute Gasteiger partial charge is 0.159 e. The van der Waals surface area contributed by atoms with Gasteiger partial charge < -0.3 is 10.2 Å². The highest BCUT2D eigenvalue weighted by molar-refractivity contribution is 7.26. The lowest BCUT2D eigenvalue weighted by Crippen LogP contribution is -2.43. The van der Waals surface area contributed by atoms with Crippen LogP contribution in [0.4, 0.5) is 5.69 Å². The molecule has 0 radical (unpaired) electrons. The van der Waals surface area contributed by atoms with Crippen molar-refractivity contribution in [1.82, 2.24) is 5.32 Å². The number of aliphatic imine (C=N–C) groups is 3. The summed E-state index contributed by atoms with van der Waals surface area (Å²) in [6, 6.07) is 32.1. The molecule has 4 aromatic carbocycles. The molecule has 1 N–H and O–H groups in total. The fourth-order valence-corrected chi connectivity index (χ4v) is 12.8. The van der Waals surface area contributed by atoms with Crippen molar-refractivity contribution >= 4 is 60.8 Å². The first kappa shape index (κ1) is 37.9. The summed E-state index contributed by atoms with van der Waals surface area (Å²) >= 11 is 1.94. The Morgan fingerprint density at radius 2 is 1.56 bits per heavy atom. The Labute approximate surface area is 369 Å². The number of nitrogens with one attached hydrogen (secondary N) is 1. The molecule has 0 amide bonds. The molecule has 6 heteroatoms. The number of allylic oxidation sites excluding steroid dienone is 9. The summed E-state index contributed by atoms with van der Waals surface area (Å²) in [7, 11) is 0. The average molecular weight is 828 g/mol. The number of benzene rings is 4. The molecule has 62 heavy (non-hydrogen) atoms. The molecule has 5 aromatic rings. The molecule has 1 aromatic heterocycles. The Morgan fingerprint density at radius 1 is 0.710 bits per heavy atom. The zero-order chi connectivity index (χ0) is 41.0. The van der Waals surface area contributed by atoms with Gasteiger partial charge >= 0.3 is 0 Å². The normalized spacial score (nSPS) is 25.8. The van der Waals surface area contributed by atoms with Crippen LogP contribution in [0.25, 0.3) is 25.9 Å². The van der Waals surface area contributed by atoms with Gasteiger partial charge in [-0.05, 0) is 86.3 Å². The number of amidine groups is 2. The number of fused-ring (bicyclic) bond motifs is 7. The van der Waals surface area contributed by atoms with Gasteiger partial charge in [-0.2, -0.15) is 0 Å². The molecule has 4 aliphatic carbocycles. The molecule has 0 spiro atoms. The summed E-state index contributed by atoms with van der Waals surface area (Å²) in [4.78, 5) is 19.1. The molecular formula is C56H53N5S. The number of rotatable bonds is 7. The monoisotopic (exact) mass is 827 g/mol. The standard InChI is InChI=1S/C56H53N5S/c1-5-18-36(19-6-1)41-26-13-14-27-42(41)39-34-46(56-59-54(37-20-7-2-8-21-37)58-55(60-56)38-22-9-3-10-23-38)52(57-35-39)45-30-17-29-44-51-49(62-53(44)45)33-32-48-50(51)43-28-15-16-31-47(43)61(48)40-24-11-4-12-25-40/h2-3,5,7-10,13-18,20-22,26-27,29-33,35-36,38-40,43,56H,1,4,6,11-12,19,23-25,28,34H2,(H,58,59,60). The second-order valence-electron chi connectivity index (χ2n) is 18.2. The molecule has 5 unspecified atom stereocenters. The van der Waals surface area contributed by atoms with Crippen molar-refractivity contribution in [3.8, 4) is 0 Å². The van der Waals surface area contributed by atoms with Gasteiger partial charge in [-0.25, -0.2) is 9.98 Å². The number of hydrogen-bond donors (Lipinski definition) is 1. The molecule has 0 saturated heterocycles. The number of hydrogen-bond acceptors (Lipinski definition) is 6. The Bertz CT molecular complexity index is 2860. The predicted molar refractivity (Wildman–Crippen MR) is 262 cm³/mol.